The van der Waals surface area contributed by atoms with Crippen LogP contribution < -0.4 is 4.74 Å². The molecular weight excluding hydrogens is 365 g/mol. The summed E-state index contributed by atoms with van der Waals surface area (Å²) in [6.07, 6.45) is 4.83. The summed E-state index contributed by atoms with van der Waals surface area (Å²) in [6, 6.07) is 7.39. The highest BCUT2D eigenvalue weighted by molar-refractivity contribution is 5.66. The van der Waals surface area contributed by atoms with Crippen LogP contribution in [0.3, 0.4) is 0 Å². The third-order valence-corrected chi connectivity index (χ3v) is 5.24. The Morgan fingerprint density at radius 3 is 2.46 bits per heavy atom. The quantitative estimate of drug-likeness (QED) is 0.527. The van der Waals surface area contributed by atoms with Gasteiger partial charge in [0.05, 0.1) is 19.3 Å². The SMILES string of the molecule is CCCOc1ccc(-c2ccc(C3CCC(CCC)OC3)c(F)c2)c(F)c1F. The molecule has 28 heavy (non-hydrogen) atoms. The Morgan fingerprint density at radius 1 is 1.00 bits per heavy atom. The molecule has 1 saturated heterocycles. The van der Waals surface area contributed by atoms with Crippen LogP contribution in [0, 0.1) is 17.5 Å². The molecule has 0 aromatic heterocycles. The molecule has 1 heterocycles. The van der Waals surface area contributed by atoms with Crippen LogP contribution in [0.2, 0.25) is 0 Å². The van der Waals surface area contributed by atoms with Crippen molar-refractivity contribution in [1.29, 1.82) is 0 Å². The number of halogens is 3. The van der Waals surface area contributed by atoms with Crippen molar-refractivity contribution in [3.63, 3.8) is 0 Å². The Labute approximate surface area is 164 Å². The van der Waals surface area contributed by atoms with Gasteiger partial charge in [-0.2, -0.15) is 4.39 Å². The maximum atomic E-state index is 14.7. The standard InChI is InChI=1S/C23H27F3O2/c1-3-5-17-8-6-16(14-28-17)18-9-7-15(13-20(18)24)19-10-11-21(27-12-4-2)23(26)22(19)25/h7,9-11,13,16-17H,3-6,8,12,14H2,1-2H3. The van der Waals surface area contributed by atoms with Crippen molar-refractivity contribution in [2.45, 2.75) is 58.0 Å². The Balaban J connectivity index is 1.78. The molecule has 0 spiro atoms. The smallest absolute Gasteiger partial charge is 0.201 e. The van der Waals surface area contributed by atoms with Gasteiger partial charge in [-0.25, -0.2) is 8.78 Å². The van der Waals surface area contributed by atoms with E-state index < -0.39 is 17.5 Å². The second-order valence-corrected chi connectivity index (χ2v) is 7.34. The number of hydrogen-bond acceptors (Lipinski definition) is 2. The predicted molar refractivity (Wildman–Crippen MR) is 104 cm³/mol. The molecule has 2 aromatic rings. The van der Waals surface area contributed by atoms with Crippen molar-refractivity contribution >= 4 is 0 Å². The number of hydrogen-bond donors (Lipinski definition) is 0. The van der Waals surface area contributed by atoms with Gasteiger partial charge in [0.25, 0.3) is 0 Å². The normalized spacial score (nSPS) is 19.6. The Kier molecular flexibility index (Phi) is 7.00. The lowest BCUT2D eigenvalue weighted by molar-refractivity contribution is -0.00172. The van der Waals surface area contributed by atoms with Gasteiger partial charge in [-0.05, 0) is 55.0 Å². The van der Waals surface area contributed by atoms with E-state index in [-0.39, 0.29) is 23.3 Å². The van der Waals surface area contributed by atoms with Gasteiger partial charge < -0.3 is 9.47 Å². The van der Waals surface area contributed by atoms with Crippen molar-refractivity contribution in [2.24, 2.45) is 0 Å². The van der Waals surface area contributed by atoms with Gasteiger partial charge in [0, 0.05) is 11.5 Å². The van der Waals surface area contributed by atoms with Crippen LogP contribution in [0.1, 0.15) is 57.4 Å². The second kappa shape index (κ2) is 9.46. The molecule has 3 rings (SSSR count). The molecule has 0 radical (unpaired) electrons. The van der Waals surface area contributed by atoms with Crippen molar-refractivity contribution < 1.29 is 22.6 Å². The molecule has 1 fully saturated rings. The molecule has 2 nitrogen and oxygen atoms in total. The molecule has 0 amide bonds. The van der Waals surface area contributed by atoms with E-state index in [9.17, 15) is 13.2 Å². The highest BCUT2D eigenvalue weighted by Crippen LogP contribution is 2.35. The largest absolute Gasteiger partial charge is 0.490 e. The van der Waals surface area contributed by atoms with E-state index in [1.807, 2.05) is 6.92 Å². The number of rotatable bonds is 7. The van der Waals surface area contributed by atoms with Crippen LogP contribution in [0.25, 0.3) is 11.1 Å². The molecule has 0 saturated carbocycles. The maximum absolute atomic E-state index is 14.7. The first-order valence-corrected chi connectivity index (χ1v) is 10.1. The van der Waals surface area contributed by atoms with Crippen LogP contribution in [-0.2, 0) is 4.74 Å². The minimum atomic E-state index is -1.04. The minimum Gasteiger partial charge on any atom is -0.490 e. The fourth-order valence-electron chi connectivity index (χ4n) is 3.70. The van der Waals surface area contributed by atoms with Gasteiger partial charge in [0.1, 0.15) is 5.82 Å². The van der Waals surface area contributed by atoms with Gasteiger partial charge in [-0.1, -0.05) is 32.4 Å². The summed E-state index contributed by atoms with van der Waals surface area (Å²) in [4.78, 5) is 0. The number of benzene rings is 2. The molecule has 2 atom stereocenters. The van der Waals surface area contributed by atoms with E-state index in [0.29, 0.717) is 30.8 Å². The first-order chi connectivity index (χ1) is 13.5. The summed E-state index contributed by atoms with van der Waals surface area (Å²) in [5.74, 6) is -2.61. The summed E-state index contributed by atoms with van der Waals surface area (Å²) >= 11 is 0. The summed E-state index contributed by atoms with van der Waals surface area (Å²) in [6.45, 7) is 4.81. The Morgan fingerprint density at radius 2 is 1.82 bits per heavy atom. The Hall–Kier alpha value is -2.01. The first kappa shape index (κ1) is 20.7. The van der Waals surface area contributed by atoms with Crippen LogP contribution in [0.4, 0.5) is 13.2 Å². The van der Waals surface area contributed by atoms with E-state index >= 15 is 0 Å². The maximum Gasteiger partial charge on any atom is 0.201 e. The molecule has 152 valence electrons. The zero-order valence-electron chi connectivity index (χ0n) is 16.4. The summed E-state index contributed by atoms with van der Waals surface area (Å²) in [7, 11) is 0. The average Bonchev–Trinajstić information content (AvgIpc) is 2.70. The molecular formula is C23H27F3O2. The van der Waals surface area contributed by atoms with Gasteiger partial charge >= 0.3 is 0 Å². The topological polar surface area (TPSA) is 18.5 Å². The molecule has 2 unspecified atom stereocenters. The minimum absolute atomic E-state index is 0.00596. The molecule has 5 heteroatoms. The summed E-state index contributed by atoms with van der Waals surface area (Å²) < 4.78 is 54.5. The van der Waals surface area contributed by atoms with Crippen molar-refractivity contribution in [2.75, 3.05) is 13.2 Å². The lowest BCUT2D eigenvalue weighted by Crippen LogP contribution is -2.25. The predicted octanol–water partition coefficient (Wildman–Crippen LogP) is 6.62. The van der Waals surface area contributed by atoms with Crippen LogP contribution in [0.5, 0.6) is 5.75 Å². The first-order valence-electron chi connectivity index (χ1n) is 10.1. The molecule has 1 aliphatic heterocycles. The van der Waals surface area contributed by atoms with Crippen molar-refractivity contribution in [3.05, 3.63) is 53.3 Å². The van der Waals surface area contributed by atoms with Gasteiger partial charge in [0.2, 0.25) is 5.82 Å². The summed E-state index contributed by atoms with van der Waals surface area (Å²) in [5, 5.41) is 0. The highest BCUT2D eigenvalue weighted by Gasteiger charge is 2.25. The Bertz CT molecular complexity index is 799. The number of ether oxygens (including phenoxy) is 2. The monoisotopic (exact) mass is 392 g/mol. The van der Waals surface area contributed by atoms with Crippen molar-refractivity contribution in [3.8, 4) is 16.9 Å². The third-order valence-electron chi connectivity index (χ3n) is 5.24. The molecule has 0 aliphatic carbocycles. The zero-order valence-corrected chi connectivity index (χ0v) is 16.4. The average molecular weight is 392 g/mol. The van der Waals surface area contributed by atoms with E-state index in [4.69, 9.17) is 9.47 Å². The van der Waals surface area contributed by atoms with E-state index in [1.54, 1.807) is 12.1 Å². The van der Waals surface area contributed by atoms with Crippen molar-refractivity contribution in [1.82, 2.24) is 0 Å². The summed E-state index contributed by atoms with van der Waals surface area (Å²) in [5.41, 5.74) is 0.900. The molecule has 2 aromatic carbocycles. The van der Waals surface area contributed by atoms with E-state index in [2.05, 4.69) is 6.92 Å². The molecule has 1 aliphatic rings. The molecule has 0 bridgehead atoms. The zero-order chi connectivity index (χ0) is 20.1. The highest BCUT2D eigenvalue weighted by atomic mass is 19.2. The fourth-order valence-corrected chi connectivity index (χ4v) is 3.70. The fraction of sp³-hybridized carbons (Fsp3) is 0.478. The van der Waals surface area contributed by atoms with E-state index in [1.165, 1.54) is 18.2 Å². The van der Waals surface area contributed by atoms with Gasteiger partial charge in [0.15, 0.2) is 11.6 Å². The third kappa shape index (κ3) is 4.52. The van der Waals surface area contributed by atoms with Gasteiger partial charge in [-0.15, -0.1) is 0 Å². The van der Waals surface area contributed by atoms with Crippen LogP contribution in [0.15, 0.2) is 30.3 Å². The lowest BCUT2D eigenvalue weighted by atomic mass is 9.89. The van der Waals surface area contributed by atoms with Crippen LogP contribution >= 0.6 is 0 Å². The van der Waals surface area contributed by atoms with Gasteiger partial charge in [-0.3, -0.25) is 0 Å². The van der Waals surface area contributed by atoms with E-state index in [0.717, 1.165) is 25.7 Å². The molecule has 0 N–H and O–H groups in total. The van der Waals surface area contributed by atoms with Crippen LogP contribution in [-0.4, -0.2) is 19.3 Å². The second-order valence-electron chi connectivity index (χ2n) is 7.34. The lowest BCUT2D eigenvalue weighted by Gasteiger charge is -2.29.